The van der Waals surface area contributed by atoms with Crippen LogP contribution in [0.1, 0.15) is 30.6 Å². The Morgan fingerprint density at radius 3 is 2.78 bits per heavy atom. The number of carbonyl (C=O) groups excluding carboxylic acids is 2. The topological polar surface area (TPSA) is 105 Å². The lowest BCUT2D eigenvalue weighted by atomic mass is 9.99. The Bertz CT molecular complexity index is 662. The van der Waals surface area contributed by atoms with E-state index in [4.69, 9.17) is 4.74 Å². The van der Waals surface area contributed by atoms with Crippen LogP contribution in [0.4, 0.5) is 5.69 Å². The normalized spacial score (nSPS) is 15.7. The molecule has 2 atom stereocenters. The second-order valence-electron chi connectivity index (χ2n) is 5.34. The highest BCUT2D eigenvalue weighted by Gasteiger charge is 2.27. The zero-order valence-corrected chi connectivity index (χ0v) is 14.3. The van der Waals surface area contributed by atoms with Crippen LogP contribution in [0, 0.1) is 5.92 Å². The van der Waals surface area contributed by atoms with Gasteiger partial charge in [0.05, 0.1) is 11.3 Å². The van der Waals surface area contributed by atoms with Crippen LogP contribution in [0.25, 0.3) is 0 Å². The van der Waals surface area contributed by atoms with Crippen molar-refractivity contribution in [2.45, 2.75) is 26.3 Å². The van der Waals surface area contributed by atoms with Crippen LogP contribution in [0.15, 0.2) is 16.6 Å². The minimum absolute atomic E-state index is 0.125. The van der Waals surface area contributed by atoms with Crippen LogP contribution < -0.4 is 15.4 Å². The van der Waals surface area contributed by atoms with Crippen LogP contribution in [0.5, 0.6) is 5.75 Å². The van der Waals surface area contributed by atoms with Gasteiger partial charge in [0.2, 0.25) is 0 Å². The van der Waals surface area contributed by atoms with Gasteiger partial charge in [-0.3, -0.25) is 9.59 Å². The fraction of sp³-hybridized carbons (Fsp3) is 0.400. The first-order valence-electron chi connectivity index (χ1n) is 7.13. The highest BCUT2D eigenvalue weighted by atomic mass is 79.9. The summed E-state index contributed by atoms with van der Waals surface area (Å²) in [7, 11) is 0. The molecule has 1 aliphatic rings. The number of carboxylic acids is 1. The van der Waals surface area contributed by atoms with Gasteiger partial charge in [0.1, 0.15) is 11.8 Å². The predicted octanol–water partition coefficient (Wildman–Crippen LogP) is 2.01. The van der Waals surface area contributed by atoms with E-state index in [-0.39, 0.29) is 24.0 Å². The molecule has 0 bridgehead atoms. The van der Waals surface area contributed by atoms with E-state index in [0.717, 1.165) is 0 Å². The van der Waals surface area contributed by atoms with Gasteiger partial charge in [0.25, 0.3) is 11.8 Å². The largest absolute Gasteiger partial charge is 0.482 e. The summed E-state index contributed by atoms with van der Waals surface area (Å²) in [6.07, 6.45) is 0.623. The van der Waals surface area contributed by atoms with E-state index >= 15 is 0 Å². The van der Waals surface area contributed by atoms with Gasteiger partial charge >= 0.3 is 5.97 Å². The first-order chi connectivity index (χ1) is 10.8. The second kappa shape index (κ2) is 6.99. The van der Waals surface area contributed by atoms with E-state index < -0.39 is 17.9 Å². The third-order valence-corrected chi connectivity index (χ3v) is 4.37. The Labute approximate surface area is 141 Å². The van der Waals surface area contributed by atoms with Crippen LogP contribution in [-0.4, -0.2) is 35.5 Å². The molecular formula is C15H17BrN2O5. The molecule has 0 fully saturated rings. The fourth-order valence-electron chi connectivity index (χ4n) is 2.18. The number of aliphatic carboxylic acids is 1. The number of carbonyl (C=O) groups is 3. The van der Waals surface area contributed by atoms with E-state index in [2.05, 4.69) is 26.6 Å². The molecule has 2 rings (SSSR count). The first-order valence-corrected chi connectivity index (χ1v) is 7.92. The molecule has 0 aliphatic carbocycles. The van der Waals surface area contributed by atoms with Crippen molar-refractivity contribution in [2.75, 3.05) is 11.9 Å². The smallest absolute Gasteiger partial charge is 0.326 e. The van der Waals surface area contributed by atoms with Gasteiger partial charge in [-0.25, -0.2) is 4.79 Å². The molecule has 0 spiro atoms. The number of benzene rings is 1. The SMILES string of the molecule is CCC(C)C(NC(=O)c1cc2c(cc1Br)NC(=O)CO2)C(=O)O. The van der Waals surface area contributed by atoms with Gasteiger partial charge in [0, 0.05) is 4.47 Å². The van der Waals surface area contributed by atoms with Crippen molar-refractivity contribution in [3.05, 3.63) is 22.2 Å². The lowest BCUT2D eigenvalue weighted by Crippen LogP contribution is -2.45. The van der Waals surface area contributed by atoms with Crippen LogP contribution in [0.3, 0.4) is 0 Å². The molecule has 1 aliphatic heterocycles. The Morgan fingerprint density at radius 1 is 1.48 bits per heavy atom. The monoisotopic (exact) mass is 384 g/mol. The summed E-state index contributed by atoms with van der Waals surface area (Å²) in [5.41, 5.74) is 0.704. The third kappa shape index (κ3) is 3.82. The third-order valence-electron chi connectivity index (χ3n) is 3.71. The van der Waals surface area contributed by atoms with Crippen LogP contribution in [-0.2, 0) is 9.59 Å². The van der Waals surface area contributed by atoms with Crippen LogP contribution >= 0.6 is 15.9 Å². The maximum Gasteiger partial charge on any atom is 0.326 e. The molecule has 1 aromatic carbocycles. The number of amides is 2. The zero-order chi connectivity index (χ0) is 17.1. The number of hydrogen-bond donors (Lipinski definition) is 3. The summed E-state index contributed by atoms with van der Waals surface area (Å²) in [5.74, 6) is -1.71. The molecule has 2 amide bonds. The fourth-order valence-corrected chi connectivity index (χ4v) is 2.70. The van der Waals surface area contributed by atoms with E-state index in [9.17, 15) is 19.5 Å². The van der Waals surface area contributed by atoms with Crippen molar-refractivity contribution in [1.82, 2.24) is 5.32 Å². The van der Waals surface area contributed by atoms with Gasteiger partial charge < -0.3 is 20.5 Å². The van der Waals surface area contributed by atoms with Crippen molar-refractivity contribution in [3.63, 3.8) is 0 Å². The van der Waals surface area contributed by atoms with Crippen molar-refractivity contribution >= 4 is 39.4 Å². The number of halogens is 1. The van der Waals surface area contributed by atoms with Gasteiger partial charge in [-0.05, 0) is 34.0 Å². The first kappa shape index (κ1) is 17.3. The van der Waals surface area contributed by atoms with E-state index in [0.29, 0.717) is 22.3 Å². The van der Waals surface area contributed by atoms with E-state index in [1.165, 1.54) is 6.07 Å². The highest BCUT2D eigenvalue weighted by molar-refractivity contribution is 9.10. The van der Waals surface area contributed by atoms with Gasteiger partial charge in [-0.1, -0.05) is 20.3 Å². The van der Waals surface area contributed by atoms with E-state index in [1.54, 1.807) is 13.0 Å². The molecule has 0 saturated carbocycles. The average Bonchev–Trinajstić information content (AvgIpc) is 2.50. The molecule has 0 aromatic heterocycles. The van der Waals surface area contributed by atoms with Gasteiger partial charge in [-0.2, -0.15) is 0 Å². The van der Waals surface area contributed by atoms with E-state index in [1.807, 2.05) is 6.92 Å². The second-order valence-corrected chi connectivity index (χ2v) is 6.19. The summed E-state index contributed by atoms with van der Waals surface area (Å²) in [6, 6.07) is 2.06. The summed E-state index contributed by atoms with van der Waals surface area (Å²) in [4.78, 5) is 35.0. The van der Waals surface area contributed by atoms with Crippen molar-refractivity contribution in [3.8, 4) is 5.75 Å². The summed E-state index contributed by atoms with van der Waals surface area (Å²) < 4.78 is 5.71. The minimum Gasteiger partial charge on any atom is -0.482 e. The summed E-state index contributed by atoms with van der Waals surface area (Å²) >= 11 is 3.26. The number of ether oxygens (including phenoxy) is 1. The molecule has 124 valence electrons. The quantitative estimate of drug-likeness (QED) is 0.719. The number of carboxylic acid groups (broad SMARTS) is 1. The summed E-state index contributed by atoms with van der Waals surface area (Å²) in [6.45, 7) is 3.50. The number of hydrogen-bond acceptors (Lipinski definition) is 4. The standard InChI is InChI=1S/C15H17BrN2O5/c1-3-7(2)13(15(21)22)18-14(20)8-4-11-10(5-9(8)16)17-12(19)6-23-11/h4-5,7,13H,3,6H2,1-2H3,(H,17,19)(H,18,20)(H,21,22). The predicted molar refractivity (Wildman–Crippen MR) is 86.6 cm³/mol. The molecule has 7 nitrogen and oxygen atoms in total. The number of nitrogens with one attached hydrogen (secondary N) is 2. The molecule has 2 unspecified atom stereocenters. The molecule has 23 heavy (non-hydrogen) atoms. The lowest BCUT2D eigenvalue weighted by Gasteiger charge is -2.22. The molecule has 3 N–H and O–H groups in total. The Morgan fingerprint density at radius 2 is 2.17 bits per heavy atom. The maximum atomic E-state index is 12.4. The van der Waals surface area contributed by atoms with Gasteiger partial charge in [0.15, 0.2) is 6.61 Å². The number of rotatable bonds is 5. The van der Waals surface area contributed by atoms with Crippen LogP contribution in [0.2, 0.25) is 0 Å². The average molecular weight is 385 g/mol. The lowest BCUT2D eigenvalue weighted by molar-refractivity contribution is -0.140. The molecule has 0 radical (unpaired) electrons. The molecule has 0 saturated heterocycles. The Balaban J connectivity index is 2.25. The maximum absolute atomic E-state index is 12.4. The highest BCUT2D eigenvalue weighted by Crippen LogP contribution is 2.33. The Kier molecular flexibility index (Phi) is 5.25. The van der Waals surface area contributed by atoms with Crippen molar-refractivity contribution in [2.24, 2.45) is 5.92 Å². The van der Waals surface area contributed by atoms with Gasteiger partial charge in [-0.15, -0.1) is 0 Å². The molecular weight excluding hydrogens is 368 g/mol. The molecule has 1 heterocycles. The summed E-state index contributed by atoms with van der Waals surface area (Å²) in [5, 5.41) is 14.4. The minimum atomic E-state index is -1.08. The molecule has 1 aromatic rings. The number of anilines is 1. The zero-order valence-electron chi connectivity index (χ0n) is 12.7. The number of fused-ring (bicyclic) bond motifs is 1. The molecule has 8 heteroatoms. The van der Waals surface area contributed by atoms with Crippen molar-refractivity contribution < 1.29 is 24.2 Å². The Hall–Kier alpha value is -2.09. The van der Waals surface area contributed by atoms with Crippen molar-refractivity contribution in [1.29, 1.82) is 0 Å².